The number of carbonyl (C=O) groups excluding carboxylic acids is 2. The van der Waals surface area contributed by atoms with Gasteiger partial charge in [0.15, 0.2) is 6.61 Å². The minimum Gasteiger partial charge on any atom is -0.484 e. The molecule has 0 atom stereocenters. The molecule has 0 spiro atoms. The molecule has 2 rings (SSSR count). The number of nitrogens with two attached hydrogens (primary N) is 1. The van der Waals surface area contributed by atoms with Gasteiger partial charge in [-0.1, -0.05) is 24.3 Å². The maximum atomic E-state index is 11.7. The summed E-state index contributed by atoms with van der Waals surface area (Å²) in [6.07, 6.45) is -0.617. The van der Waals surface area contributed by atoms with Crippen LogP contribution in [0.25, 0.3) is 0 Å². The summed E-state index contributed by atoms with van der Waals surface area (Å²) in [4.78, 5) is 22.4. The predicted octanol–water partition coefficient (Wildman–Crippen LogP) is 2.16. The molecule has 0 aromatic heterocycles. The molecule has 0 heterocycles. The zero-order chi connectivity index (χ0) is 15.1. The van der Waals surface area contributed by atoms with Gasteiger partial charge in [-0.3, -0.25) is 10.1 Å². The molecule has 6 heteroatoms. The first-order valence-corrected chi connectivity index (χ1v) is 6.18. The topological polar surface area (TPSA) is 90.7 Å². The Kier molecular flexibility index (Phi) is 4.76. The van der Waals surface area contributed by atoms with E-state index in [1.54, 1.807) is 48.5 Å². The third-order valence-electron chi connectivity index (χ3n) is 2.42. The van der Waals surface area contributed by atoms with E-state index in [-0.39, 0.29) is 6.61 Å². The number of primary amides is 1. The summed E-state index contributed by atoms with van der Waals surface area (Å²) in [6.45, 7) is -0.224. The van der Waals surface area contributed by atoms with Gasteiger partial charge >= 0.3 is 6.09 Å². The molecule has 0 aliphatic heterocycles. The standard InChI is InChI=1S/C15H14N2O4/c16-14(18)10-20-13-8-4-5-11(9-13)17-15(19)21-12-6-2-1-3-7-12/h1-9H,10H2,(H2,16,18)(H,17,19). The fraction of sp³-hybridized carbons (Fsp3) is 0.0667. The smallest absolute Gasteiger partial charge is 0.417 e. The van der Waals surface area contributed by atoms with Gasteiger partial charge in [0.25, 0.3) is 5.91 Å². The van der Waals surface area contributed by atoms with Gasteiger partial charge in [-0.15, -0.1) is 0 Å². The molecule has 6 nitrogen and oxygen atoms in total. The van der Waals surface area contributed by atoms with Crippen LogP contribution in [0, 0.1) is 0 Å². The Morgan fingerprint density at radius 2 is 1.71 bits per heavy atom. The van der Waals surface area contributed by atoms with Gasteiger partial charge in [0.05, 0.1) is 0 Å². The molecular weight excluding hydrogens is 272 g/mol. The number of hydrogen-bond donors (Lipinski definition) is 2. The minimum atomic E-state index is -0.617. The van der Waals surface area contributed by atoms with Gasteiger partial charge in [0.2, 0.25) is 0 Å². The predicted molar refractivity (Wildman–Crippen MR) is 77.2 cm³/mol. The molecular formula is C15H14N2O4. The molecule has 2 aromatic rings. The van der Waals surface area contributed by atoms with Crippen molar-refractivity contribution >= 4 is 17.7 Å². The summed E-state index contributed by atoms with van der Waals surface area (Å²) in [6, 6.07) is 15.3. The van der Waals surface area contributed by atoms with Crippen molar-refractivity contribution in [1.82, 2.24) is 0 Å². The monoisotopic (exact) mass is 286 g/mol. The highest BCUT2D eigenvalue weighted by atomic mass is 16.6. The molecule has 21 heavy (non-hydrogen) atoms. The Morgan fingerprint density at radius 3 is 2.43 bits per heavy atom. The van der Waals surface area contributed by atoms with Crippen molar-refractivity contribution in [3.63, 3.8) is 0 Å². The van der Waals surface area contributed by atoms with Gasteiger partial charge in [-0.2, -0.15) is 0 Å². The van der Waals surface area contributed by atoms with Gasteiger partial charge < -0.3 is 15.2 Å². The Bertz CT molecular complexity index is 629. The maximum Gasteiger partial charge on any atom is 0.417 e. The van der Waals surface area contributed by atoms with Crippen LogP contribution in [0.4, 0.5) is 10.5 Å². The third-order valence-corrected chi connectivity index (χ3v) is 2.42. The first-order chi connectivity index (χ1) is 10.1. The van der Waals surface area contributed by atoms with E-state index >= 15 is 0 Å². The van der Waals surface area contributed by atoms with Crippen LogP contribution < -0.4 is 20.5 Å². The Morgan fingerprint density at radius 1 is 1.00 bits per heavy atom. The third kappa shape index (κ3) is 4.87. The molecule has 0 saturated carbocycles. The van der Waals surface area contributed by atoms with Gasteiger partial charge in [-0.05, 0) is 24.3 Å². The minimum absolute atomic E-state index is 0.224. The number of nitrogens with one attached hydrogen (secondary N) is 1. The summed E-state index contributed by atoms with van der Waals surface area (Å²) in [5.41, 5.74) is 5.48. The van der Waals surface area contributed by atoms with Crippen LogP contribution in [0.5, 0.6) is 11.5 Å². The fourth-order valence-electron chi connectivity index (χ4n) is 1.56. The lowest BCUT2D eigenvalue weighted by Crippen LogP contribution is -2.20. The van der Waals surface area contributed by atoms with E-state index < -0.39 is 12.0 Å². The first-order valence-electron chi connectivity index (χ1n) is 6.18. The van der Waals surface area contributed by atoms with E-state index in [1.165, 1.54) is 0 Å². The molecule has 0 saturated heterocycles. The number of ether oxygens (including phenoxy) is 2. The molecule has 0 unspecified atom stereocenters. The lowest BCUT2D eigenvalue weighted by atomic mass is 10.3. The molecule has 0 aliphatic rings. The van der Waals surface area contributed by atoms with E-state index in [0.29, 0.717) is 17.2 Å². The fourth-order valence-corrected chi connectivity index (χ4v) is 1.56. The largest absolute Gasteiger partial charge is 0.484 e. The van der Waals surface area contributed by atoms with Crippen molar-refractivity contribution in [3.8, 4) is 11.5 Å². The van der Waals surface area contributed by atoms with Crippen molar-refractivity contribution in [1.29, 1.82) is 0 Å². The lowest BCUT2D eigenvalue weighted by Gasteiger charge is -2.08. The highest BCUT2D eigenvalue weighted by Gasteiger charge is 2.06. The number of hydrogen-bond acceptors (Lipinski definition) is 4. The molecule has 0 radical (unpaired) electrons. The van der Waals surface area contributed by atoms with Crippen molar-refractivity contribution in [3.05, 3.63) is 54.6 Å². The molecule has 2 aromatic carbocycles. The summed E-state index contributed by atoms with van der Waals surface area (Å²) in [5.74, 6) is 0.291. The first kappa shape index (κ1) is 14.4. The Labute approximate surface area is 121 Å². The quantitative estimate of drug-likeness (QED) is 0.881. The highest BCUT2D eigenvalue weighted by molar-refractivity contribution is 5.86. The van der Waals surface area contributed by atoms with Crippen LogP contribution in [0.1, 0.15) is 0 Å². The van der Waals surface area contributed by atoms with Crippen LogP contribution >= 0.6 is 0 Å². The van der Waals surface area contributed by atoms with Gasteiger partial charge in [0, 0.05) is 11.8 Å². The molecule has 0 aliphatic carbocycles. The van der Waals surface area contributed by atoms with Crippen LogP contribution in [0.2, 0.25) is 0 Å². The van der Waals surface area contributed by atoms with Crippen LogP contribution in [-0.4, -0.2) is 18.6 Å². The van der Waals surface area contributed by atoms with E-state index in [4.69, 9.17) is 15.2 Å². The van der Waals surface area contributed by atoms with Crippen molar-refractivity contribution in [2.75, 3.05) is 11.9 Å². The summed E-state index contributed by atoms with van der Waals surface area (Å²) < 4.78 is 10.2. The van der Waals surface area contributed by atoms with E-state index in [2.05, 4.69) is 5.32 Å². The molecule has 0 bridgehead atoms. The highest BCUT2D eigenvalue weighted by Crippen LogP contribution is 2.18. The van der Waals surface area contributed by atoms with E-state index in [1.807, 2.05) is 6.07 Å². The average Bonchev–Trinajstić information content (AvgIpc) is 2.46. The summed E-state index contributed by atoms with van der Waals surface area (Å²) in [7, 11) is 0. The maximum absolute atomic E-state index is 11.7. The second-order valence-corrected chi connectivity index (χ2v) is 4.11. The van der Waals surface area contributed by atoms with E-state index in [0.717, 1.165) is 0 Å². The van der Waals surface area contributed by atoms with Crippen LogP contribution in [-0.2, 0) is 4.79 Å². The normalized spacial score (nSPS) is 9.71. The Balaban J connectivity index is 1.94. The number of para-hydroxylation sites is 1. The zero-order valence-electron chi connectivity index (χ0n) is 11.1. The van der Waals surface area contributed by atoms with Crippen molar-refractivity contribution in [2.45, 2.75) is 0 Å². The number of anilines is 1. The number of rotatable bonds is 5. The summed E-state index contributed by atoms with van der Waals surface area (Å²) >= 11 is 0. The lowest BCUT2D eigenvalue weighted by molar-refractivity contribution is -0.119. The van der Waals surface area contributed by atoms with Crippen LogP contribution in [0.15, 0.2) is 54.6 Å². The Hall–Kier alpha value is -3.02. The molecule has 108 valence electrons. The molecule has 3 N–H and O–H groups in total. The van der Waals surface area contributed by atoms with Crippen molar-refractivity contribution < 1.29 is 19.1 Å². The van der Waals surface area contributed by atoms with Gasteiger partial charge in [-0.25, -0.2) is 4.79 Å². The SMILES string of the molecule is NC(=O)COc1cccc(NC(=O)Oc2ccccc2)c1. The summed E-state index contributed by atoms with van der Waals surface area (Å²) in [5, 5.41) is 2.56. The number of carbonyl (C=O) groups is 2. The number of amides is 2. The zero-order valence-corrected chi connectivity index (χ0v) is 11.1. The van der Waals surface area contributed by atoms with E-state index in [9.17, 15) is 9.59 Å². The second kappa shape index (κ2) is 6.95. The van der Waals surface area contributed by atoms with Crippen LogP contribution in [0.3, 0.4) is 0 Å². The molecule has 0 fully saturated rings. The van der Waals surface area contributed by atoms with Crippen molar-refractivity contribution in [2.24, 2.45) is 5.73 Å². The average molecular weight is 286 g/mol. The molecule has 2 amide bonds. The number of benzene rings is 2. The second-order valence-electron chi connectivity index (χ2n) is 4.11. The van der Waals surface area contributed by atoms with Gasteiger partial charge in [0.1, 0.15) is 11.5 Å².